The summed E-state index contributed by atoms with van der Waals surface area (Å²) in [7, 11) is 1.64. The van der Waals surface area contributed by atoms with Crippen molar-refractivity contribution in [1.29, 1.82) is 0 Å². The molecule has 9 heteroatoms. The second kappa shape index (κ2) is 9.36. The number of rotatable bonds is 8. The SMILES string of the molecule is COC(c1ncc(Cl)cn1)C(C)SNc1nnc(-c2ccccc2)n1C(C)C. The number of benzene rings is 1. The third kappa shape index (κ3) is 4.63. The molecule has 1 N–H and O–H groups in total. The molecule has 0 saturated carbocycles. The Bertz CT molecular complexity index is 887. The van der Waals surface area contributed by atoms with Crippen LogP contribution in [0.1, 0.15) is 38.7 Å². The standard InChI is InChI=1S/C19H23ClN6OS/c1-12(2)26-18(14-8-6-5-7-9-14)23-24-19(26)25-28-13(3)16(27-4)17-21-10-15(20)11-22-17/h5-13,16H,1-4H3,(H,24,25). The van der Waals surface area contributed by atoms with Crippen molar-refractivity contribution in [2.45, 2.75) is 38.2 Å². The van der Waals surface area contributed by atoms with E-state index in [0.29, 0.717) is 16.8 Å². The third-order valence-electron chi connectivity index (χ3n) is 4.16. The smallest absolute Gasteiger partial charge is 0.235 e. The molecule has 2 aromatic heterocycles. The van der Waals surface area contributed by atoms with E-state index in [-0.39, 0.29) is 17.4 Å². The van der Waals surface area contributed by atoms with Gasteiger partial charge in [-0.1, -0.05) is 41.9 Å². The highest BCUT2D eigenvalue weighted by molar-refractivity contribution is 8.01. The monoisotopic (exact) mass is 418 g/mol. The zero-order valence-corrected chi connectivity index (χ0v) is 17.8. The Hall–Kier alpha value is -2.16. The maximum absolute atomic E-state index is 5.88. The van der Waals surface area contributed by atoms with Crippen molar-refractivity contribution in [2.75, 3.05) is 11.8 Å². The minimum absolute atomic E-state index is 0.0173. The van der Waals surface area contributed by atoms with Gasteiger partial charge in [0.05, 0.1) is 10.3 Å². The van der Waals surface area contributed by atoms with Gasteiger partial charge in [0.25, 0.3) is 0 Å². The molecule has 0 aliphatic heterocycles. The summed E-state index contributed by atoms with van der Waals surface area (Å²) in [5, 5.41) is 9.24. The Labute approximate surface area is 174 Å². The van der Waals surface area contributed by atoms with Crippen molar-refractivity contribution in [3.63, 3.8) is 0 Å². The Morgan fingerprint density at radius 3 is 2.36 bits per heavy atom. The molecule has 0 aliphatic carbocycles. The minimum Gasteiger partial charge on any atom is -0.372 e. The van der Waals surface area contributed by atoms with Crippen LogP contribution in [0.3, 0.4) is 0 Å². The topological polar surface area (TPSA) is 77.8 Å². The van der Waals surface area contributed by atoms with Gasteiger partial charge < -0.3 is 4.74 Å². The van der Waals surface area contributed by atoms with E-state index in [2.05, 4.69) is 43.3 Å². The van der Waals surface area contributed by atoms with Gasteiger partial charge in [0.15, 0.2) is 11.6 Å². The summed E-state index contributed by atoms with van der Waals surface area (Å²) >= 11 is 7.37. The number of anilines is 1. The van der Waals surface area contributed by atoms with E-state index < -0.39 is 0 Å². The normalized spacial score (nSPS) is 13.5. The van der Waals surface area contributed by atoms with E-state index in [1.165, 1.54) is 11.9 Å². The number of nitrogens with zero attached hydrogens (tertiary/aromatic N) is 5. The molecule has 148 valence electrons. The second-order valence-corrected chi connectivity index (χ2v) is 8.14. The number of ether oxygens (including phenoxy) is 1. The van der Waals surface area contributed by atoms with E-state index in [9.17, 15) is 0 Å². The predicted molar refractivity (Wildman–Crippen MR) is 113 cm³/mol. The fraction of sp³-hybridized carbons (Fsp3) is 0.368. The van der Waals surface area contributed by atoms with Gasteiger partial charge in [-0.2, -0.15) is 0 Å². The summed E-state index contributed by atoms with van der Waals surface area (Å²) < 4.78 is 11.0. The number of aromatic nitrogens is 5. The molecule has 0 fully saturated rings. The average molecular weight is 419 g/mol. The van der Waals surface area contributed by atoms with Gasteiger partial charge in [-0.25, -0.2) is 9.97 Å². The number of hydrogen-bond acceptors (Lipinski definition) is 7. The third-order valence-corrected chi connectivity index (χ3v) is 5.27. The van der Waals surface area contributed by atoms with Crippen LogP contribution < -0.4 is 4.72 Å². The highest BCUT2D eigenvalue weighted by Crippen LogP contribution is 2.30. The summed E-state index contributed by atoms with van der Waals surface area (Å²) in [6.07, 6.45) is 2.85. The molecule has 3 aromatic rings. The zero-order chi connectivity index (χ0) is 20.1. The first-order valence-corrected chi connectivity index (χ1v) is 10.2. The van der Waals surface area contributed by atoms with Crippen LogP contribution in [0.4, 0.5) is 5.95 Å². The lowest BCUT2D eigenvalue weighted by Gasteiger charge is -2.21. The Morgan fingerprint density at radius 2 is 1.75 bits per heavy atom. The van der Waals surface area contributed by atoms with Crippen LogP contribution in [0, 0.1) is 0 Å². The molecule has 2 heterocycles. The van der Waals surface area contributed by atoms with Crippen LogP contribution in [0.5, 0.6) is 0 Å². The number of nitrogens with one attached hydrogen (secondary N) is 1. The van der Waals surface area contributed by atoms with Crippen molar-refractivity contribution >= 4 is 29.5 Å². The molecular weight excluding hydrogens is 396 g/mol. The summed E-state index contributed by atoms with van der Waals surface area (Å²) in [5.74, 6) is 2.11. The maximum atomic E-state index is 5.88. The quantitative estimate of drug-likeness (QED) is 0.526. The molecule has 2 atom stereocenters. The summed E-state index contributed by atoms with van der Waals surface area (Å²) in [5.41, 5.74) is 1.03. The highest BCUT2D eigenvalue weighted by atomic mass is 35.5. The van der Waals surface area contributed by atoms with Crippen LogP contribution in [0.2, 0.25) is 5.02 Å². The van der Waals surface area contributed by atoms with Crippen LogP contribution in [-0.4, -0.2) is 37.1 Å². The Balaban J connectivity index is 1.76. The van der Waals surface area contributed by atoms with Gasteiger partial charge >= 0.3 is 0 Å². The van der Waals surface area contributed by atoms with Gasteiger partial charge in [0.2, 0.25) is 5.95 Å². The van der Waals surface area contributed by atoms with Gasteiger partial charge in [-0.05, 0) is 32.7 Å². The zero-order valence-electron chi connectivity index (χ0n) is 16.2. The number of hydrogen-bond donors (Lipinski definition) is 1. The van der Waals surface area contributed by atoms with Gasteiger partial charge in [0.1, 0.15) is 6.10 Å². The first kappa shape index (κ1) is 20.6. The van der Waals surface area contributed by atoms with Crippen molar-refractivity contribution in [2.24, 2.45) is 0 Å². The molecular formula is C19H23ClN6OS. The molecule has 28 heavy (non-hydrogen) atoms. The molecule has 2 unspecified atom stereocenters. The number of methoxy groups -OCH3 is 1. The van der Waals surface area contributed by atoms with E-state index >= 15 is 0 Å². The van der Waals surface area contributed by atoms with Crippen molar-refractivity contribution in [1.82, 2.24) is 24.7 Å². The molecule has 1 aromatic carbocycles. The molecule has 0 spiro atoms. The lowest BCUT2D eigenvalue weighted by Crippen LogP contribution is -2.19. The van der Waals surface area contributed by atoms with Crippen LogP contribution >= 0.6 is 23.5 Å². The van der Waals surface area contributed by atoms with E-state index in [4.69, 9.17) is 16.3 Å². The van der Waals surface area contributed by atoms with Crippen LogP contribution in [0.25, 0.3) is 11.4 Å². The van der Waals surface area contributed by atoms with E-state index in [0.717, 1.165) is 11.4 Å². The average Bonchev–Trinajstić information content (AvgIpc) is 3.13. The van der Waals surface area contributed by atoms with Crippen molar-refractivity contribution < 1.29 is 4.74 Å². The van der Waals surface area contributed by atoms with Crippen molar-refractivity contribution in [3.8, 4) is 11.4 Å². The fourth-order valence-electron chi connectivity index (χ4n) is 2.82. The van der Waals surface area contributed by atoms with Gasteiger partial charge in [-0.15, -0.1) is 10.2 Å². The molecule has 0 amide bonds. The molecule has 0 aliphatic rings. The summed E-state index contributed by atoms with van der Waals surface area (Å²) in [4.78, 5) is 8.55. The molecule has 0 radical (unpaired) electrons. The lowest BCUT2D eigenvalue weighted by atomic mass is 10.2. The van der Waals surface area contributed by atoms with Crippen molar-refractivity contribution in [3.05, 3.63) is 53.6 Å². The van der Waals surface area contributed by atoms with Gasteiger partial charge in [0, 0.05) is 31.1 Å². The van der Waals surface area contributed by atoms with E-state index in [1.807, 2.05) is 37.3 Å². The van der Waals surface area contributed by atoms with Crippen LogP contribution in [-0.2, 0) is 4.74 Å². The molecule has 3 rings (SSSR count). The van der Waals surface area contributed by atoms with Gasteiger partial charge in [-0.3, -0.25) is 9.29 Å². The Kier molecular flexibility index (Phi) is 6.88. The predicted octanol–water partition coefficient (Wildman–Crippen LogP) is 4.81. The molecule has 0 saturated heterocycles. The lowest BCUT2D eigenvalue weighted by molar-refractivity contribution is 0.0972. The summed E-state index contributed by atoms with van der Waals surface area (Å²) in [6.45, 7) is 6.25. The largest absolute Gasteiger partial charge is 0.372 e. The first-order valence-electron chi connectivity index (χ1n) is 8.93. The minimum atomic E-state index is -0.293. The fourth-order valence-corrected chi connectivity index (χ4v) is 3.70. The molecule has 0 bridgehead atoms. The second-order valence-electron chi connectivity index (χ2n) is 6.52. The maximum Gasteiger partial charge on any atom is 0.235 e. The van der Waals surface area contributed by atoms with Crippen LogP contribution in [0.15, 0.2) is 42.7 Å². The first-order chi connectivity index (χ1) is 13.5. The molecule has 7 nitrogen and oxygen atoms in total. The highest BCUT2D eigenvalue weighted by Gasteiger charge is 2.24. The van der Waals surface area contributed by atoms with E-state index in [1.54, 1.807) is 19.5 Å². The Morgan fingerprint density at radius 1 is 1.07 bits per heavy atom. The summed E-state index contributed by atoms with van der Waals surface area (Å²) in [6, 6.07) is 10.2. The number of halogens is 1.